The fourth-order valence-electron chi connectivity index (χ4n) is 1.65. The van der Waals surface area contributed by atoms with Gasteiger partial charge in [0.1, 0.15) is 0 Å². The molecule has 0 fully saturated rings. The molecule has 0 amide bonds. The average molecular weight is 245 g/mol. The van der Waals surface area contributed by atoms with Gasteiger partial charge in [-0.3, -0.25) is 14.3 Å². The number of pyridine rings is 1. The summed E-state index contributed by atoms with van der Waals surface area (Å²) in [6, 6.07) is 5.34. The molecule has 0 saturated heterocycles. The van der Waals surface area contributed by atoms with Crippen LogP contribution in [0.1, 0.15) is 17.0 Å². The van der Waals surface area contributed by atoms with Gasteiger partial charge < -0.3 is 4.74 Å². The molecule has 2 aromatic heterocycles. The first-order valence-corrected chi connectivity index (χ1v) is 5.65. The predicted octanol–water partition coefficient (Wildman–Crippen LogP) is 1.14. The number of aromatic nitrogens is 3. The number of methoxy groups -OCH3 is 1. The zero-order valence-electron chi connectivity index (χ0n) is 10.5. The van der Waals surface area contributed by atoms with E-state index in [0.29, 0.717) is 18.8 Å². The van der Waals surface area contributed by atoms with Crippen LogP contribution in [-0.4, -0.2) is 21.6 Å². The number of hydrogen-bond donors (Lipinski definition) is 0. The first-order valence-electron chi connectivity index (χ1n) is 5.65. The van der Waals surface area contributed by atoms with Crippen LogP contribution < -0.4 is 5.56 Å². The van der Waals surface area contributed by atoms with Crippen molar-refractivity contribution in [2.45, 2.75) is 20.1 Å². The lowest BCUT2D eigenvalue weighted by Crippen LogP contribution is -2.22. The lowest BCUT2D eigenvalue weighted by atomic mass is 10.2. The van der Waals surface area contributed by atoms with E-state index in [-0.39, 0.29) is 5.56 Å². The largest absolute Gasteiger partial charge is 0.378 e. The second kappa shape index (κ2) is 5.55. The van der Waals surface area contributed by atoms with Gasteiger partial charge in [0.2, 0.25) is 0 Å². The van der Waals surface area contributed by atoms with E-state index < -0.39 is 0 Å². The molecule has 0 aliphatic rings. The third-order valence-electron chi connectivity index (χ3n) is 2.67. The Morgan fingerprint density at radius 3 is 2.89 bits per heavy atom. The van der Waals surface area contributed by atoms with Gasteiger partial charge in [0.25, 0.3) is 5.56 Å². The lowest BCUT2D eigenvalue weighted by Gasteiger charge is -2.07. The van der Waals surface area contributed by atoms with Gasteiger partial charge in [-0.1, -0.05) is 6.07 Å². The first kappa shape index (κ1) is 12.4. The molecule has 0 aliphatic carbocycles. The zero-order chi connectivity index (χ0) is 13.0. The van der Waals surface area contributed by atoms with Crippen LogP contribution in [0.5, 0.6) is 0 Å². The molecule has 5 heteroatoms. The van der Waals surface area contributed by atoms with E-state index in [1.54, 1.807) is 13.3 Å². The molecule has 0 aromatic carbocycles. The second-order valence-corrected chi connectivity index (χ2v) is 4.05. The minimum atomic E-state index is -0.0953. The van der Waals surface area contributed by atoms with E-state index in [0.717, 1.165) is 11.3 Å². The van der Waals surface area contributed by atoms with Gasteiger partial charge in [-0.25, -0.2) is 4.98 Å². The Morgan fingerprint density at radius 1 is 1.39 bits per heavy atom. The normalized spacial score (nSPS) is 10.6. The molecule has 0 aliphatic heterocycles. The summed E-state index contributed by atoms with van der Waals surface area (Å²) >= 11 is 0. The molecule has 0 radical (unpaired) electrons. The van der Waals surface area contributed by atoms with Crippen LogP contribution in [-0.2, 0) is 17.9 Å². The summed E-state index contributed by atoms with van der Waals surface area (Å²) in [4.78, 5) is 20.3. The topological polar surface area (TPSA) is 57.0 Å². The SMILES string of the molecule is COCc1cc(=O)n(Cc2ncccc2C)cn1. The Balaban J connectivity index is 2.25. The van der Waals surface area contributed by atoms with E-state index in [4.69, 9.17) is 4.74 Å². The highest BCUT2D eigenvalue weighted by atomic mass is 16.5. The van der Waals surface area contributed by atoms with E-state index in [1.807, 2.05) is 19.1 Å². The second-order valence-electron chi connectivity index (χ2n) is 4.05. The van der Waals surface area contributed by atoms with Crippen molar-refractivity contribution in [3.63, 3.8) is 0 Å². The van der Waals surface area contributed by atoms with Crippen molar-refractivity contribution in [1.82, 2.24) is 14.5 Å². The fraction of sp³-hybridized carbons (Fsp3) is 0.308. The summed E-state index contributed by atoms with van der Waals surface area (Å²) in [5, 5.41) is 0. The van der Waals surface area contributed by atoms with Gasteiger partial charge in [0.05, 0.1) is 30.9 Å². The summed E-state index contributed by atoms with van der Waals surface area (Å²) in [7, 11) is 1.57. The number of hydrogen-bond acceptors (Lipinski definition) is 4. The van der Waals surface area contributed by atoms with Crippen LogP contribution in [0.3, 0.4) is 0 Å². The molecule has 2 aromatic rings. The molecule has 18 heavy (non-hydrogen) atoms. The van der Waals surface area contributed by atoms with Crippen LogP contribution in [0, 0.1) is 6.92 Å². The molecule has 94 valence electrons. The Hall–Kier alpha value is -2.01. The maximum absolute atomic E-state index is 11.9. The highest BCUT2D eigenvalue weighted by molar-refractivity contribution is 5.18. The lowest BCUT2D eigenvalue weighted by molar-refractivity contribution is 0.181. The van der Waals surface area contributed by atoms with Gasteiger partial charge in [0.15, 0.2) is 0 Å². The summed E-state index contributed by atoms with van der Waals surface area (Å²) < 4.78 is 6.47. The van der Waals surface area contributed by atoms with E-state index in [2.05, 4.69) is 9.97 Å². The Morgan fingerprint density at radius 2 is 2.22 bits per heavy atom. The molecule has 0 saturated carbocycles. The van der Waals surface area contributed by atoms with Crippen molar-refractivity contribution in [1.29, 1.82) is 0 Å². The van der Waals surface area contributed by atoms with Crippen LogP contribution in [0.15, 0.2) is 35.5 Å². The van der Waals surface area contributed by atoms with Gasteiger partial charge in [-0.2, -0.15) is 0 Å². The number of ether oxygens (including phenoxy) is 1. The highest BCUT2D eigenvalue weighted by Crippen LogP contribution is 2.04. The van der Waals surface area contributed by atoms with Crippen LogP contribution in [0.25, 0.3) is 0 Å². The monoisotopic (exact) mass is 245 g/mol. The van der Waals surface area contributed by atoms with Gasteiger partial charge in [-0.05, 0) is 18.6 Å². The Kier molecular flexibility index (Phi) is 3.84. The molecule has 0 atom stereocenters. The van der Waals surface area contributed by atoms with Crippen molar-refractivity contribution in [3.05, 3.63) is 58.0 Å². The maximum Gasteiger partial charge on any atom is 0.253 e. The summed E-state index contributed by atoms with van der Waals surface area (Å²) in [6.07, 6.45) is 3.25. The highest BCUT2D eigenvalue weighted by Gasteiger charge is 2.03. The van der Waals surface area contributed by atoms with E-state index in [1.165, 1.54) is 17.0 Å². The van der Waals surface area contributed by atoms with E-state index >= 15 is 0 Å². The number of nitrogens with zero attached hydrogens (tertiary/aromatic N) is 3. The van der Waals surface area contributed by atoms with Gasteiger partial charge in [-0.15, -0.1) is 0 Å². The van der Waals surface area contributed by atoms with Crippen LogP contribution in [0.2, 0.25) is 0 Å². The number of rotatable bonds is 4. The predicted molar refractivity (Wildman–Crippen MR) is 67.3 cm³/mol. The van der Waals surface area contributed by atoms with Crippen LogP contribution >= 0.6 is 0 Å². The van der Waals surface area contributed by atoms with E-state index in [9.17, 15) is 4.79 Å². The summed E-state index contributed by atoms with van der Waals surface area (Å²) in [5.41, 5.74) is 2.48. The third-order valence-corrected chi connectivity index (χ3v) is 2.67. The molecule has 5 nitrogen and oxygen atoms in total. The standard InChI is InChI=1S/C13H15N3O2/c1-10-4-3-5-14-12(10)7-16-9-15-11(8-18-2)6-13(16)17/h3-6,9H,7-8H2,1-2H3. The number of aryl methyl sites for hydroxylation is 1. The summed E-state index contributed by atoms with van der Waals surface area (Å²) in [5.74, 6) is 0. The molecule has 0 bridgehead atoms. The Bertz CT molecular complexity index is 593. The maximum atomic E-state index is 11.9. The van der Waals surface area contributed by atoms with Crippen molar-refractivity contribution in [2.75, 3.05) is 7.11 Å². The van der Waals surface area contributed by atoms with Crippen LogP contribution in [0.4, 0.5) is 0 Å². The average Bonchev–Trinajstić information content (AvgIpc) is 2.35. The van der Waals surface area contributed by atoms with Gasteiger partial charge in [0, 0.05) is 19.4 Å². The molecular formula is C13H15N3O2. The van der Waals surface area contributed by atoms with Crippen molar-refractivity contribution in [3.8, 4) is 0 Å². The zero-order valence-corrected chi connectivity index (χ0v) is 10.5. The molecule has 0 N–H and O–H groups in total. The fourth-order valence-corrected chi connectivity index (χ4v) is 1.65. The van der Waals surface area contributed by atoms with Crippen molar-refractivity contribution in [2.24, 2.45) is 0 Å². The third kappa shape index (κ3) is 2.81. The van der Waals surface area contributed by atoms with Crippen molar-refractivity contribution >= 4 is 0 Å². The smallest absolute Gasteiger partial charge is 0.253 e. The Labute approximate surface area is 105 Å². The summed E-state index contributed by atoms with van der Waals surface area (Å²) in [6.45, 7) is 2.75. The first-order chi connectivity index (χ1) is 8.70. The minimum absolute atomic E-state index is 0.0953. The minimum Gasteiger partial charge on any atom is -0.378 e. The van der Waals surface area contributed by atoms with Gasteiger partial charge >= 0.3 is 0 Å². The molecule has 0 unspecified atom stereocenters. The van der Waals surface area contributed by atoms with Crippen molar-refractivity contribution < 1.29 is 4.74 Å². The molecular weight excluding hydrogens is 230 g/mol. The molecule has 0 spiro atoms. The molecule has 2 heterocycles. The quantitative estimate of drug-likeness (QED) is 0.810. The molecule has 2 rings (SSSR count).